The van der Waals surface area contributed by atoms with E-state index in [1.54, 1.807) is 18.2 Å². The third-order valence-electron chi connectivity index (χ3n) is 4.12. The van der Waals surface area contributed by atoms with Gasteiger partial charge in [0, 0.05) is 17.1 Å². The molecule has 7 heteroatoms. The van der Waals surface area contributed by atoms with Crippen LogP contribution in [-0.4, -0.2) is 27.0 Å². The van der Waals surface area contributed by atoms with E-state index < -0.39 is 11.9 Å². The lowest BCUT2D eigenvalue weighted by molar-refractivity contribution is -0.136. The van der Waals surface area contributed by atoms with Crippen molar-refractivity contribution in [1.29, 1.82) is 0 Å². The van der Waals surface area contributed by atoms with Crippen LogP contribution in [0.5, 0.6) is 0 Å². The summed E-state index contributed by atoms with van der Waals surface area (Å²) < 4.78 is 0. The summed E-state index contributed by atoms with van der Waals surface area (Å²) in [5.74, 6) is -0.723. The van der Waals surface area contributed by atoms with Gasteiger partial charge in [0.05, 0.1) is 11.9 Å². The molecule has 0 fully saturated rings. The second-order valence-corrected chi connectivity index (χ2v) is 6.22. The highest BCUT2D eigenvalue weighted by Gasteiger charge is 2.10. The molecule has 1 aromatic heterocycles. The number of hydrogen-bond donors (Lipinski definition) is 3. The molecule has 1 unspecified atom stereocenters. The van der Waals surface area contributed by atoms with Gasteiger partial charge < -0.3 is 15.7 Å². The van der Waals surface area contributed by atoms with Gasteiger partial charge in [-0.3, -0.25) is 9.59 Å². The molecule has 3 N–H and O–H groups in total. The predicted octanol–water partition coefficient (Wildman–Crippen LogP) is 3.77. The van der Waals surface area contributed by atoms with E-state index in [2.05, 4.69) is 20.6 Å². The number of anilines is 2. The number of aliphatic carboxylic acids is 1. The Morgan fingerprint density at radius 1 is 1.14 bits per heavy atom. The third kappa shape index (κ3) is 4.91. The van der Waals surface area contributed by atoms with Crippen LogP contribution < -0.4 is 10.6 Å². The van der Waals surface area contributed by atoms with E-state index in [4.69, 9.17) is 5.11 Å². The Labute approximate surface area is 162 Å². The Balaban J connectivity index is 1.80. The van der Waals surface area contributed by atoms with Crippen molar-refractivity contribution >= 4 is 34.3 Å². The molecule has 3 rings (SSSR count). The highest BCUT2D eigenvalue weighted by Crippen LogP contribution is 2.26. The fourth-order valence-electron chi connectivity index (χ4n) is 2.73. The first-order chi connectivity index (χ1) is 13.5. The number of benzene rings is 2. The molecular formula is C21H20N4O3. The standard InChI is InChI=1S/C21H20N4O3/c1-14(15-6-3-2-4-7-15)24-21-17-12-16(10-11-18(17)22-13-23-21)25-19(26)8-5-9-20(27)28/h2-8,10-14H,9H2,1H3,(H,25,26)(H,27,28)(H,22,23,24). The number of rotatable bonds is 7. The van der Waals surface area contributed by atoms with Crippen molar-refractivity contribution in [2.45, 2.75) is 19.4 Å². The normalized spacial score (nSPS) is 12.0. The number of carbonyl (C=O) groups is 2. The summed E-state index contributed by atoms with van der Waals surface area (Å²) in [4.78, 5) is 31.1. The molecule has 28 heavy (non-hydrogen) atoms. The second kappa shape index (κ2) is 8.77. The van der Waals surface area contributed by atoms with Crippen LogP contribution >= 0.6 is 0 Å². The fraction of sp³-hybridized carbons (Fsp3) is 0.143. The SMILES string of the molecule is CC(Nc1ncnc2ccc(NC(=O)C=CCC(=O)O)cc12)c1ccccc1. The van der Waals surface area contributed by atoms with Crippen LogP contribution in [0.4, 0.5) is 11.5 Å². The molecule has 3 aromatic rings. The monoisotopic (exact) mass is 376 g/mol. The summed E-state index contributed by atoms with van der Waals surface area (Å²) in [5, 5.41) is 15.5. The number of aromatic nitrogens is 2. The molecule has 0 aliphatic heterocycles. The molecule has 142 valence electrons. The number of nitrogens with one attached hydrogen (secondary N) is 2. The van der Waals surface area contributed by atoms with Crippen molar-refractivity contribution < 1.29 is 14.7 Å². The van der Waals surface area contributed by atoms with E-state index in [0.717, 1.165) is 16.5 Å². The largest absolute Gasteiger partial charge is 0.481 e. The topological polar surface area (TPSA) is 104 Å². The number of amides is 1. The summed E-state index contributed by atoms with van der Waals surface area (Å²) in [6.07, 6.45) is 3.80. The number of carbonyl (C=O) groups excluding carboxylic acids is 1. The summed E-state index contributed by atoms with van der Waals surface area (Å²) in [6.45, 7) is 2.04. The van der Waals surface area contributed by atoms with E-state index in [9.17, 15) is 9.59 Å². The number of carboxylic acids is 1. The molecule has 0 saturated heterocycles. The molecule has 0 bridgehead atoms. The van der Waals surface area contributed by atoms with Crippen molar-refractivity contribution in [1.82, 2.24) is 9.97 Å². The molecule has 0 spiro atoms. The van der Waals surface area contributed by atoms with Gasteiger partial charge in [-0.05, 0) is 36.8 Å². The molecule has 0 aliphatic rings. The van der Waals surface area contributed by atoms with Gasteiger partial charge in [0.2, 0.25) is 5.91 Å². The number of fused-ring (bicyclic) bond motifs is 1. The van der Waals surface area contributed by atoms with Crippen molar-refractivity contribution in [2.24, 2.45) is 0 Å². The highest BCUT2D eigenvalue weighted by atomic mass is 16.4. The van der Waals surface area contributed by atoms with Gasteiger partial charge >= 0.3 is 5.97 Å². The smallest absolute Gasteiger partial charge is 0.307 e. The van der Waals surface area contributed by atoms with E-state index in [-0.39, 0.29) is 12.5 Å². The van der Waals surface area contributed by atoms with Crippen LogP contribution in [0, 0.1) is 0 Å². The van der Waals surface area contributed by atoms with Crippen LogP contribution in [0.3, 0.4) is 0 Å². The minimum atomic E-state index is -0.991. The zero-order valence-electron chi connectivity index (χ0n) is 15.3. The zero-order chi connectivity index (χ0) is 19.9. The van der Waals surface area contributed by atoms with Gasteiger partial charge in [0.1, 0.15) is 12.1 Å². The van der Waals surface area contributed by atoms with Crippen LogP contribution in [0.25, 0.3) is 10.9 Å². The number of nitrogens with zero attached hydrogens (tertiary/aromatic N) is 2. The average molecular weight is 376 g/mol. The van der Waals surface area contributed by atoms with E-state index in [1.165, 1.54) is 18.5 Å². The highest BCUT2D eigenvalue weighted by molar-refractivity contribution is 6.01. The minimum Gasteiger partial charge on any atom is -0.481 e. The average Bonchev–Trinajstić information content (AvgIpc) is 2.69. The lowest BCUT2D eigenvalue weighted by Crippen LogP contribution is -2.10. The molecule has 0 aliphatic carbocycles. The third-order valence-corrected chi connectivity index (χ3v) is 4.12. The van der Waals surface area contributed by atoms with Crippen molar-refractivity contribution in [3.63, 3.8) is 0 Å². The predicted molar refractivity (Wildman–Crippen MR) is 108 cm³/mol. The van der Waals surface area contributed by atoms with Gasteiger partial charge in [-0.2, -0.15) is 0 Å². The molecule has 2 aromatic carbocycles. The van der Waals surface area contributed by atoms with Crippen molar-refractivity contribution in [2.75, 3.05) is 10.6 Å². The van der Waals surface area contributed by atoms with Crippen molar-refractivity contribution in [3.8, 4) is 0 Å². The number of hydrogen-bond acceptors (Lipinski definition) is 5. The molecule has 7 nitrogen and oxygen atoms in total. The molecule has 0 radical (unpaired) electrons. The summed E-state index contributed by atoms with van der Waals surface area (Å²) >= 11 is 0. The van der Waals surface area contributed by atoms with Gasteiger partial charge in [0.25, 0.3) is 0 Å². The van der Waals surface area contributed by atoms with Crippen LogP contribution in [0.1, 0.15) is 24.9 Å². The lowest BCUT2D eigenvalue weighted by atomic mass is 10.1. The van der Waals surface area contributed by atoms with Gasteiger partial charge in [-0.25, -0.2) is 9.97 Å². The van der Waals surface area contributed by atoms with Crippen molar-refractivity contribution in [3.05, 3.63) is 72.6 Å². The maximum absolute atomic E-state index is 11.9. The molecule has 1 heterocycles. The Morgan fingerprint density at radius 3 is 2.68 bits per heavy atom. The lowest BCUT2D eigenvalue weighted by Gasteiger charge is -2.16. The molecular weight excluding hydrogens is 356 g/mol. The van der Waals surface area contributed by atoms with Crippen LogP contribution in [0.2, 0.25) is 0 Å². The molecule has 0 saturated carbocycles. The van der Waals surface area contributed by atoms with Crippen LogP contribution in [-0.2, 0) is 9.59 Å². The maximum Gasteiger partial charge on any atom is 0.307 e. The van der Waals surface area contributed by atoms with Crippen LogP contribution in [0.15, 0.2) is 67.0 Å². The van der Waals surface area contributed by atoms with E-state index in [0.29, 0.717) is 11.5 Å². The quantitative estimate of drug-likeness (QED) is 0.542. The molecule has 1 atom stereocenters. The zero-order valence-corrected chi connectivity index (χ0v) is 15.3. The second-order valence-electron chi connectivity index (χ2n) is 6.22. The Hall–Kier alpha value is -3.74. The van der Waals surface area contributed by atoms with Gasteiger partial charge in [-0.15, -0.1) is 0 Å². The van der Waals surface area contributed by atoms with E-state index in [1.807, 2.05) is 37.3 Å². The first kappa shape index (κ1) is 19.0. The van der Waals surface area contributed by atoms with Gasteiger partial charge in [0.15, 0.2) is 0 Å². The summed E-state index contributed by atoms with van der Waals surface area (Å²) in [5.41, 5.74) is 2.45. The fourth-order valence-corrected chi connectivity index (χ4v) is 2.73. The number of carboxylic acid groups (broad SMARTS) is 1. The Bertz CT molecular complexity index is 1020. The molecule has 1 amide bonds. The summed E-state index contributed by atoms with van der Waals surface area (Å²) in [7, 11) is 0. The first-order valence-corrected chi connectivity index (χ1v) is 8.78. The minimum absolute atomic E-state index is 0.0384. The Morgan fingerprint density at radius 2 is 1.93 bits per heavy atom. The Kier molecular flexibility index (Phi) is 5.96. The van der Waals surface area contributed by atoms with E-state index >= 15 is 0 Å². The maximum atomic E-state index is 11.9. The first-order valence-electron chi connectivity index (χ1n) is 8.78. The van der Waals surface area contributed by atoms with Gasteiger partial charge in [-0.1, -0.05) is 36.4 Å². The summed E-state index contributed by atoms with van der Waals surface area (Å²) in [6, 6.07) is 15.4.